The molecule has 0 saturated carbocycles. The highest BCUT2D eigenvalue weighted by Gasteiger charge is 2.19. The third kappa shape index (κ3) is 3.50. The molecule has 4 aromatic heterocycles. The highest BCUT2D eigenvalue weighted by Crippen LogP contribution is 2.31. The van der Waals surface area contributed by atoms with Gasteiger partial charge >= 0.3 is 0 Å². The van der Waals surface area contributed by atoms with Crippen molar-refractivity contribution in [2.24, 2.45) is 0 Å². The molecule has 0 saturated heterocycles. The average Bonchev–Trinajstić information content (AvgIpc) is 3.23. The van der Waals surface area contributed by atoms with Gasteiger partial charge in [0.05, 0.1) is 11.0 Å². The van der Waals surface area contributed by atoms with E-state index in [1.165, 1.54) is 0 Å². The van der Waals surface area contributed by atoms with Crippen LogP contribution in [0, 0.1) is 0 Å². The molecule has 0 fully saturated rings. The molecule has 0 aliphatic carbocycles. The zero-order valence-electron chi connectivity index (χ0n) is 15.7. The SMILES string of the molecule is c1cncc(C(Cc2cccnc2-c2nc3ccccc3[nH]2)c2cccnc2)c1. The van der Waals surface area contributed by atoms with Gasteiger partial charge in [0.2, 0.25) is 0 Å². The number of fused-ring (bicyclic) bond motifs is 1. The molecule has 5 aromatic rings. The van der Waals surface area contributed by atoms with Gasteiger partial charge in [-0.05, 0) is 53.4 Å². The normalized spacial score (nSPS) is 11.2. The summed E-state index contributed by atoms with van der Waals surface area (Å²) >= 11 is 0. The Morgan fingerprint density at radius 1 is 0.759 bits per heavy atom. The van der Waals surface area contributed by atoms with Crippen molar-refractivity contribution in [2.75, 3.05) is 0 Å². The van der Waals surface area contributed by atoms with Gasteiger partial charge in [-0.2, -0.15) is 0 Å². The van der Waals surface area contributed by atoms with E-state index in [1.807, 2.05) is 61.1 Å². The Labute approximate surface area is 168 Å². The molecular weight excluding hydrogens is 358 g/mol. The monoisotopic (exact) mass is 377 g/mol. The predicted molar refractivity (Wildman–Crippen MR) is 113 cm³/mol. The Morgan fingerprint density at radius 3 is 2.17 bits per heavy atom. The van der Waals surface area contributed by atoms with Crippen molar-refractivity contribution in [1.29, 1.82) is 0 Å². The van der Waals surface area contributed by atoms with Gasteiger partial charge in [0.1, 0.15) is 5.69 Å². The minimum atomic E-state index is 0.129. The van der Waals surface area contributed by atoms with Crippen molar-refractivity contribution in [3.63, 3.8) is 0 Å². The highest BCUT2D eigenvalue weighted by molar-refractivity contribution is 5.79. The highest BCUT2D eigenvalue weighted by atomic mass is 14.9. The number of aromatic nitrogens is 5. The Hall–Kier alpha value is -3.86. The molecule has 5 heteroatoms. The molecule has 4 heterocycles. The summed E-state index contributed by atoms with van der Waals surface area (Å²) in [5.74, 6) is 0.919. The van der Waals surface area contributed by atoms with E-state index >= 15 is 0 Å². The predicted octanol–water partition coefficient (Wildman–Crippen LogP) is 4.79. The summed E-state index contributed by atoms with van der Waals surface area (Å²) in [6.45, 7) is 0. The van der Waals surface area contributed by atoms with E-state index in [-0.39, 0.29) is 5.92 Å². The number of para-hydroxylation sites is 2. The Morgan fingerprint density at radius 2 is 1.48 bits per heavy atom. The summed E-state index contributed by atoms with van der Waals surface area (Å²) in [4.78, 5) is 21.5. The van der Waals surface area contributed by atoms with Crippen LogP contribution in [0.3, 0.4) is 0 Å². The van der Waals surface area contributed by atoms with Gasteiger partial charge in [-0.25, -0.2) is 4.98 Å². The van der Waals surface area contributed by atoms with Crippen LogP contribution in [0.1, 0.15) is 22.6 Å². The number of H-pyrrole nitrogens is 1. The quantitative estimate of drug-likeness (QED) is 0.478. The molecular formula is C24H19N5. The lowest BCUT2D eigenvalue weighted by Gasteiger charge is -2.18. The molecule has 1 aromatic carbocycles. The first-order valence-corrected chi connectivity index (χ1v) is 9.57. The summed E-state index contributed by atoms with van der Waals surface area (Å²) in [7, 11) is 0. The molecule has 1 N–H and O–H groups in total. The van der Waals surface area contributed by atoms with E-state index in [9.17, 15) is 0 Å². The number of imidazole rings is 1. The molecule has 0 amide bonds. The lowest BCUT2D eigenvalue weighted by molar-refractivity contribution is 0.792. The van der Waals surface area contributed by atoms with Crippen molar-refractivity contribution >= 4 is 11.0 Å². The lowest BCUT2D eigenvalue weighted by atomic mass is 9.87. The molecule has 5 nitrogen and oxygen atoms in total. The van der Waals surface area contributed by atoms with E-state index in [2.05, 4.69) is 38.1 Å². The Kier molecular flexibility index (Phi) is 4.54. The summed E-state index contributed by atoms with van der Waals surface area (Å²) < 4.78 is 0. The molecule has 29 heavy (non-hydrogen) atoms. The first kappa shape index (κ1) is 17.3. The molecule has 0 aliphatic heterocycles. The summed E-state index contributed by atoms with van der Waals surface area (Å²) in [5, 5.41) is 0. The fraction of sp³-hybridized carbons (Fsp3) is 0.0833. The fourth-order valence-corrected chi connectivity index (χ4v) is 3.69. The second-order valence-corrected chi connectivity index (χ2v) is 6.94. The van der Waals surface area contributed by atoms with Gasteiger partial charge in [-0.15, -0.1) is 0 Å². The molecule has 0 aliphatic rings. The number of nitrogens with zero attached hydrogens (tertiary/aromatic N) is 4. The van der Waals surface area contributed by atoms with Crippen molar-refractivity contribution in [2.45, 2.75) is 12.3 Å². The molecule has 0 bridgehead atoms. The van der Waals surface area contributed by atoms with Crippen LogP contribution < -0.4 is 0 Å². The third-order valence-electron chi connectivity index (χ3n) is 5.10. The minimum Gasteiger partial charge on any atom is -0.337 e. The number of pyridine rings is 3. The summed E-state index contributed by atoms with van der Waals surface area (Å²) in [5.41, 5.74) is 6.26. The van der Waals surface area contributed by atoms with E-state index < -0.39 is 0 Å². The molecule has 0 spiro atoms. The average molecular weight is 377 g/mol. The number of rotatable bonds is 5. The first-order valence-electron chi connectivity index (χ1n) is 9.57. The van der Waals surface area contributed by atoms with Gasteiger partial charge in [-0.1, -0.05) is 30.3 Å². The maximum Gasteiger partial charge on any atom is 0.157 e. The zero-order chi connectivity index (χ0) is 19.5. The van der Waals surface area contributed by atoms with Crippen LogP contribution in [0.25, 0.3) is 22.6 Å². The molecule has 5 rings (SSSR count). The van der Waals surface area contributed by atoms with Crippen LogP contribution in [-0.2, 0) is 6.42 Å². The Balaban J connectivity index is 1.58. The Bertz CT molecular complexity index is 1160. The maximum absolute atomic E-state index is 4.75. The molecule has 140 valence electrons. The van der Waals surface area contributed by atoms with E-state index in [0.717, 1.165) is 45.7 Å². The molecule has 0 atom stereocenters. The van der Waals surface area contributed by atoms with Gasteiger partial charge in [-0.3, -0.25) is 15.0 Å². The smallest absolute Gasteiger partial charge is 0.157 e. The number of nitrogens with one attached hydrogen (secondary N) is 1. The zero-order valence-corrected chi connectivity index (χ0v) is 15.7. The number of benzene rings is 1. The van der Waals surface area contributed by atoms with Crippen molar-refractivity contribution in [3.8, 4) is 11.5 Å². The molecule has 0 radical (unpaired) electrons. The van der Waals surface area contributed by atoms with Gasteiger partial charge < -0.3 is 4.98 Å². The van der Waals surface area contributed by atoms with Crippen LogP contribution in [0.2, 0.25) is 0 Å². The number of aromatic amines is 1. The molecule has 0 unspecified atom stereocenters. The topological polar surface area (TPSA) is 67.3 Å². The largest absolute Gasteiger partial charge is 0.337 e. The van der Waals surface area contributed by atoms with E-state index in [4.69, 9.17) is 4.98 Å². The standard InChI is InChI=1S/C24H19N5/c1-2-10-22-21(9-1)28-24(29-22)23-17(6-5-13-27-23)14-20(18-7-3-11-25-15-18)19-8-4-12-26-16-19/h1-13,15-16,20H,14H2,(H,28,29). The van der Waals surface area contributed by atoms with Crippen molar-refractivity contribution in [3.05, 3.63) is 108 Å². The van der Waals surface area contributed by atoms with Crippen LogP contribution in [0.15, 0.2) is 91.6 Å². The number of hydrogen-bond acceptors (Lipinski definition) is 4. The lowest BCUT2D eigenvalue weighted by Crippen LogP contribution is -2.08. The van der Waals surface area contributed by atoms with Crippen LogP contribution >= 0.6 is 0 Å². The fourth-order valence-electron chi connectivity index (χ4n) is 3.69. The van der Waals surface area contributed by atoms with Gasteiger partial charge in [0.15, 0.2) is 5.82 Å². The van der Waals surface area contributed by atoms with Gasteiger partial charge in [0.25, 0.3) is 0 Å². The van der Waals surface area contributed by atoms with Crippen LogP contribution in [0.5, 0.6) is 0 Å². The summed E-state index contributed by atoms with van der Waals surface area (Å²) in [6, 6.07) is 20.3. The number of hydrogen-bond donors (Lipinski definition) is 1. The van der Waals surface area contributed by atoms with Crippen LogP contribution in [-0.4, -0.2) is 24.9 Å². The van der Waals surface area contributed by atoms with E-state index in [1.54, 1.807) is 12.4 Å². The maximum atomic E-state index is 4.75. The van der Waals surface area contributed by atoms with E-state index in [0.29, 0.717) is 0 Å². The second kappa shape index (κ2) is 7.64. The van der Waals surface area contributed by atoms with Crippen LogP contribution in [0.4, 0.5) is 0 Å². The third-order valence-corrected chi connectivity index (χ3v) is 5.10. The summed E-state index contributed by atoms with van der Waals surface area (Å²) in [6.07, 6.45) is 10.0. The minimum absolute atomic E-state index is 0.129. The van der Waals surface area contributed by atoms with Gasteiger partial charge in [0, 0.05) is 36.9 Å². The van der Waals surface area contributed by atoms with Crippen molar-refractivity contribution in [1.82, 2.24) is 24.9 Å². The second-order valence-electron chi connectivity index (χ2n) is 6.94. The first-order chi connectivity index (χ1) is 14.4. The van der Waals surface area contributed by atoms with Crippen molar-refractivity contribution < 1.29 is 0 Å².